The molecular formula is C6H9F2N3O2. The molecule has 4 N–H and O–H groups in total. The summed E-state index contributed by atoms with van der Waals surface area (Å²) in [5.41, 5.74) is 8.38. The fraction of sp³-hybridized carbons (Fsp3) is 0.667. The van der Waals surface area contributed by atoms with Crippen molar-refractivity contribution < 1.29 is 18.4 Å². The fourth-order valence-corrected chi connectivity index (χ4v) is 1.07. The van der Waals surface area contributed by atoms with Crippen LogP contribution in [0.4, 0.5) is 13.6 Å². The SMILES string of the molecule is NC(=O)NNC(=O)C1CC(F)(F)C1. The third-order valence-electron chi connectivity index (χ3n) is 1.77. The van der Waals surface area contributed by atoms with Crippen LogP contribution in [-0.4, -0.2) is 17.9 Å². The maximum absolute atomic E-state index is 12.3. The molecule has 74 valence electrons. The van der Waals surface area contributed by atoms with E-state index in [9.17, 15) is 18.4 Å². The van der Waals surface area contributed by atoms with Crippen molar-refractivity contribution >= 4 is 11.9 Å². The molecule has 0 unspecified atom stereocenters. The second kappa shape index (κ2) is 3.15. The van der Waals surface area contributed by atoms with E-state index in [-0.39, 0.29) is 0 Å². The lowest BCUT2D eigenvalue weighted by molar-refractivity contribution is -0.150. The van der Waals surface area contributed by atoms with Crippen molar-refractivity contribution in [2.75, 3.05) is 0 Å². The Hall–Kier alpha value is -1.40. The van der Waals surface area contributed by atoms with E-state index in [1.807, 2.05) is 10.9 Å². The van der Waals surface area contributed by atoms with E-state index in [0.717, 1.165) is 0 Å². The van der Waals surface area contributed by atoms with Crippen molar-refractivity contribution in [3.8, 4) is 0 Å². The Kier molecular flexibility index (Phi) is 2.35. The molecule has 3 amide bonds. The molecule has 1 fully saturated rings. The van der Waals surface area contributed by atoms with Gasteiger partial charge in [-0.15, -0.1) is 0 Å². The molecular weight excluding hydrogens is 184 g/mol. The number of alkyl halides is 2. The summed E-state index contributed by atoms with van der Waals surface area (Å²) in [5.74, 6) is -4.11. The summed E-state index contributed by atoms with van der Waals surface area (Å²) in [6, 6.07) is -0.931. The molecule has 0 saturated heterocycles. The van der Waals surface area contributed by atoms with Gasteiger partial charge in [0.25, 0.3) is 0 Å². The minimum Gasteiger partial charge on any atom is -0.350 e. The van der Waals surface area contributed by atoms with Crippen molar-refractivity contribution in [1.82, 2.24) is 10.9 Å². The standard InChI is InChI=1S/C6H9F2N3O2/c7-6(8)1-3(2-6)4(12)10-11-5(9)13/h3H,1-2H2,(H,10,12)(H3,9,11,13). The number of nitrogens with two attached hydrogens (primary N) is 1. The quantitative estimate of drug-likeness (QED) is 0.501. The monoisotopic (exact) mass is 193 g/mol. The molecule has 0 aromatic carbocycles. The van der Waals surface area contributed by atoms with Crippen LogP contribution in [0.5, 0.6) is 0 Å². The summed E-state index contributed by atoms with van der Waals surface area (Å²) in [6.45, 7) is 0. The number of nitrogens with one attached hydrogen (secondary N) is 2. The van der Waals surface area contributed by atoms with Crippen molar-refractivity contribution in [3.63, 3.8) is 0 Å². The van der Waals surface area contributed by atoms with Gasteiger partial charge in [-0.05, 0) is 0 Å². The van der Waals surface area contributed by atoms with Crippen LogP contribution < -0.4 is 16.6 Å². The van der Waals surface area contributed by atoms with Crippen molar-refractivity contribution in [3.05, 3.63) is 0 Å². The molecule has 1 saturated carbocycles. The Morgan fingerprint density at radius 1 is 1.31 bits per heavy atom. The predicted molar refractivity (Wildman–Crippen MR) is 38.5 cm³/mol. The van der Waals surface area contributed by atoms with Gasteiger partial charge in [-0.1, -0.05) is 0 Å². The van der Waals surface area contributed by atoms with Crippen molar-refractivity contribution in [2.24, 2.45) is 11.7 Å². The Morgan fingerprint density at radius 3 is 2.23 bits per heavy atom. The van der Waals surface area contributed by atoms with Crippen LogP contribution in [0.2, 0.25) is 0 Å². The van der Waals surface area contributed by atoms with E-state index >= 15 is 0 Å². The number of urea groups is 1. The second-order valence-electron chi connectivity index (χ2n) is 2.94. The van der Waals surface area contributed by atoms with E-state index in [1.165, 1.54) is 0 Å². The number of carbonyl (C=O) groups is 2. The highest BCUT2D eigenvalue weighted by atomic mass is 19.3. The van der Waals surface area contributed by atoms with E-state index in [1.54, 1.807) is 0 Å². The maximum Gasteiger partial charge on any atom is 0.330 e. The highest BCUT2D eigenvalue weighted by molar-refractivity contribution is 5.82. The lowest BCUT2D eigenvalue weighted by atomic mass is 9.81. The van der Waals surface area contributed by atoms with Gasteiger partial charge in [0, 0.05) is 12.8 Å². The average molecular weight is 193 g/mol. The zero-order chi connectivity index (χ0) is 10.1. The molecule has 0 aromatic rings. The van der Waals surface area contributed by atoms with Gasteiger partial charge < -0.3 is 5.73 Å². The first-order valence-electron chi connectivity index (χ1n) is 3.64. The first-order valence-corrected chi connectivity index (χ1v) is 3.64. The molecule has 13 heavy (non-hydrogen) atoms. The van der Waals surface area contributed by atoms with Gasteiger partial charge in [-0.3, -0.25) is 10.2 Å². The second-order valence-corrected chi connectivity index (χ2v) is 2.94. The predicted octanol–water partition coefficient (Wildman–Crippen LogP) is -0.269. The van der Waals surface area contributed by atoms with Crippen LogP contribution in [0.25, 0.3) is 0 Å². The van der Waals surface area contributed by atoms with Gasteiger partial charge in [0.1, 0.15) is 0 Å². The summed E-state index contributed by atoms with van der Waals surface area (Å²) in [4.78, 5) is 21.0. The average Bonchev–Trinajstić information content (AvgIpc) is 1.95. The van der Waals surface area contributed by atoms with Gasteiger partial charge in [0.15, 0.2) is 0 Å². The molecule has 0 spiro atoms. The number of hydrogen-bond acceptors (Lipinski definition) is 2. The molecule has 0 aliphatic heterocycles. The zero-order valence-electron chi connectivity index (χ0n) is 6.64. The Balaban J connectivity index is 2.23. The summed E-state index contributed by atoms with van der Waals surface area (Å²) < 4.78 is 24.5. The van der Waals surface area contributed by atoms with Gasteiger partial charge in [0.05, 0.1) is 5.92 Å². The highest BCUT2D eigenvalue weighted by Gasteiger charge is 2.48. The zero-order valence-corrected chi connectivity index (χ0v) is 6.64. The molecule has 1 rings (SSSR count). The summed E-state index contributed by atoms with van der Waals surface area (Å²) >= 11 is 0. The Bertz CT molecular complexity index is 236. The van der Waals surface area contributed by atoms with Gasteiger partial charge in [-0.2, -0.15) is 0 Å². The summed E-state index contributed by atoms with van der Waals surface area (Å²) in [6.07, 6.45) is -0.946. The number of hydrogen-bond donors (Lipinski definition) is 3. The number of primary amides is 1. The minimum atomic E-state index is -2.74. The smallest absolute Gasteiger partial charge is 0.330 e. The number of rotatable bonds is 1. The van der Waals surface area contributed by atoms with E-state index in [2.05, 4.69) is 5.73 Å². The lowest BCUT2D eigenvalue weighted by Gasteiger charge is -2.33. The molecule has 7 heteroatoms. The van der Waals surface area contributed by atoms with Crippen LogP contribution in [0.3, 0.4) is 0 Å². The van der Waals surface area contributed by atoms with Crippen molar-refractivity contribution in [2.45, 2.75) is 18.8 Å². The molecule has 0 radical (unpaired) electrons. The number of carbonyl (C=O) groups excluding carboxylic acids is 2. The van der Waals surface area contributed by atoms with Crippen LogP contribution in [0, 0.1) is 5.92 Å². The molecule has 1 aliphatic carbocycles. The van der Waals surface area contributed by atoms with E-state index < -0.39 is 36.6 Å². The maximum atomic E-state index is 12.3. The molecule has 0 aromatic heterocycles. The van der Waals surface area contributed by atoms with Crippen LogP contribution in [0.1, 0.15) is 12.8 Å². The van der Waals surface area contributed by atoms with Crippen LogP contribution in [-0.2, 0) is 4.79 Å². The first kappa shape index (κ1) is 9.69. The van der Waals surface area contributed by atoms with Gasteiger partial charge >= 0.3 is 6.03 Å². The van der Waals surface area contributed by atoms with Crippen LogP contribution >= 0.6 is 0 Å². The number of hydrazine groups is 1. The molecule has 5 nitrogen and oxygen atoms in total. The Labute approximate surface area is 72.6 Å². The number of amides is 3. The normalized spacial score (nSPS) is 20.2. The van der Waals surface area contributed by atoms with Crippen molar-refractivity contribution in [1.29, 1.82) is 0 Å². The van der Waals surface area contributed by atoms with E-state index in [4.69, 9.17) is 0 Å². The number of halogens is 2. The molecule has 0 bridgehead atoms. The van der Waals surface area contributed by atoms with E-state index in [0.29, 0.717) is 0 Å². The van der Waals surface area contributed by atoms with Crippen LogP contribution in [0.15, 0.2) is 0 Å². The van der Waals surface area contributed by atoms with Gasteiger partial charge in [0.2, 0.25) is 11.8 Å². The lowest BCUT2D eigenvalue weighted by Crippen LogP contribution is -2.51. The third-order valence-corrected chi connectivity index (χ3v) is 1.77. The Morgan fingerprint density at radius 2 is 1.85 bits per heavy atom. The minimum absolute atomic E-state index is 0.473. The van der Waals surface area contributed by atoms with Gasteiger partial charge in [-0.25, -0.2) is 19.0 Å². The third kappa shape index (κ3) is 2.53. The fourth-order valence-electron chi connectivity index (χ4n) is 1.07. The largest absolute Gasteiger partial charge is 0.350 e. The molecule has 0 heterocycles. The first-order chi connectivity index (χ1) is 5.91. The summed E-state index contributed by atoms with van der Waals surface area (Å²) in [5, 5.41) is 0. The topological polar surface area (TPSA) is 84.2 Å². The highest BCUT2D eigenvalue weighted by Crippen LogP contribution is 2.42. The molecule has 1 aliphatic rings. The summed E-state index contributed by atoms with van der Waals surface area (Å²) in [7, 11) is 0. The molecule has 0 atom stereocenters.